The minimum atomic E-state index is -0.731. The second-order valence-corrected chi connectivity index (χ2v) is 6.16. The molecule has 0 atom stereocenters. The van der Waals surface area contributed by atoms with Gasteiger partial charge in [0, 0.05) is 11.8 Å². The van der Waals surface area contributed by atoms with Gasteiger partial charge in [0.1, 0.15) is 23.6 Å². The van der Waals surface area contributed by atoms with Crippen molar-refractivity contribution in [1.29, 1.82) is 0 Å². The Bertz CT molecular complexity index is 913. The molecule has 2 aromatic carbocycles. The lowest BCUT2D eigenvalue weighted by atomic mass is 10.1. The zero-order valence-corrected chi connectivity index (χ0v) is 15.0. The molecule has 140 valence electrons. The van der Waals surface area contributed by atoms with Gasteiger partial charge in [0.2, 0.25) is 0 Å². The van der Waals surface area contributed by atoms with E-state index in [1.54, 1.807) is 0 Å². The molecule has 0 saturated carbocycles. The lowest BCUT2D eigenvalue weighted by Crippen LogP contribution is -2.06. The third-order valence-corrected chi connectivity index (χ3v) is 4.10. The highest BCUT2D eigenvalue weighted by Gasteiger charge is 2.11. The SMILES string of the molecule is CCCCc1ccc(Nc2ncnc(Nc3ccc(F)cc3F)c2N)cc1. The van der Waals surface area contributed by atoms with Crippen molar-refractivity contribution < 1.29 is 8.78 Å². The first-order valence-corrected chi connectivity index (χ1v) is 8.75. The zero-order chi connectivity index (χ0) is 19.2. The van der Waals surface area contributed by atoms with Crippen molar-refractivity contribution in [2.24, 2.45) is 0 Å². The number of hydrogen-bond acceptors (Lipinski definition) is 5. The number of halogens is 2. The summed E-state index contributed by atoms with van der Waals surface area (Å²) in [7, 11) is 0. The summed E-state index contributed by atoms with van der Waals surface area (Å²) in [5, 5.41) is 5.90. The molecule has 0 saturated heterocycles. The molecule has 7 heteroatoms. The molecule has 0 aliphatic carbocycles. The summed E-state index contributed by atoms with van der Waals surface area (Å²) < 4.78 is 26.9. The van der Waals surface area contributed by atoms with Crippen LogP contribution in [0.5, 0.6) is 0 Å². The molecule has 1 heterocycles. The number of aromatic nitrogens is 2. The number of nitrogen functional groups attached to an aromatic ring is 1. The maximum absolute atomic E-state index is 13.8. The highest BCUT2D eigenvalue weighted by Crippen LogP contribution is 2.29. The van der Waals surface area contributed by atoms with Crippen LogP contribution in [0.1, 0.15) is 25.3 Å². The standard InChI is InChI=1S/C20H21F2N5/c1-2-3-4-13-5-8-15(9-6-13)26-19-18(23)20(25-12-24-19)27-17-10-7-14(21)11-16(17)22/h5-12H,2-4,23H2,1H3,(H2,24,25,26,27). The summed E-state index contributed by atoms with van der Waals surface area (Å²) >= 11 is 0. The van der Waals surface area contributed by atoms with Crippen molar-refractivity contribution in [3.05, 3.63) is 66.0 Å². The molecule has 0 amide bonds. The van der Waals surface area contributed by atoms with Crippen LogP contribution in [0.2, 0.25) is 0 Å². The summed E-state index contributed by atoms with van der Waals surface area (Å²) in [6.07, 6.45) is 4.67. The van der Waals surface area contributed by atoms with Gasteiger partial charge in [-0.05, 0) is 42.7 Å². The van der Waals surface area contributed by atoms with Gasteiger partial charge < -0.3 is 16.4 Å². The average Bonchev–Trinajstić information content (AvgIpc) is 2.66. The summed E-state index contributed by atoms with van der Waals surface area (Å²) in [6.45, 7) is 2.16. The van der Waals surface area contributed by atoms with Gasteiger partial charge in [0.15, 0.2) is 11.6 Å². The van der Waals surface area contributed by atoms with E-state index in [1.807, 2.05) is 12.1 Å². The van der Waals surface area contributed by atoms with Gasteiger partial charge in [-0.2, -0.15) is 0 Å². The predicted molar refractivity (Wildman–Crippen MR) is 104 cm³/mol. The molecule has 5 nitrogen and oxygen atoms in total. The first kappa shape index (κ1) is 18.6. The Labute approximate surface area is 156 Å². The molecular formula is C20H21F2N5. The number of nitrogens with two attached hydrogens (primary N) is 1. The molecule has 0 unspecified atom stereocenters. The molecule has 3 rings (SSSR count). The monoisotopic (exact) mass is 369 g/mol. The topological polar surface area (TPSA) is 75.9 Å². The minimum absolute atomic E-state index is 0.0769. The number of benzene rings is 2. The molecule has 0 bridgehead atoms. The molecule has 0 aliphatic rings. The van der Waals surface area contributed by atoms with Crippen molar-refractivity contribution in [3.63, 3.8) is 0 Å². The number of rotatable bonds is 7. The second kappa shape index (κ2) is 8.44. The predicted octanol–water partition coefficient (Wildman–Crippen LogP) is 5.17. The van der Waals surface area contributed by atoms with E-state index < -0.39 is 11.6 Å². The van der Waals surface area contributed by atoms with Crippen LogP contribution < -0.4 is 16.4 Å². The maximum Gasteiger partial charge on any atom is 0.159 e. The van der Waals surface area contributed by atoms with Gasteiger partial charge in [0.25, 0.3) is 0 Å². The van der Waals surface area contributed by atoms with Crippen LogP contribution in [0.4, 0.5) is 37.5 Å². The summed E-state index contributed by atoms with van der Waals surface area (Å²) in [5.41, 5.74) is 8.52. The Morgan fingerprint density at radius 2 is 1.67 bits per heavy atom. The Kier molecular flexibility index (Phi) is 5.80. The van der Waals surface area contributed by atoms with E-state index in [1.165, 1.54) is 18.0 Å². The molecule has 3 aromatic rings. The van der Waals surface area contributed by atoms with Crippen molar-refractivity contribution in [3.8, 4) is 0 Å². The third-order valence-electron chi connectivity index (χ3n) is 4.10. The quantitative estimate of drug-likeness (QED) is 0.536. The smallest absolute Gasteiger partial charge is 0.159 e. The minimum Gasteiger partial charge on any atom is -0.393 e. The van der Waals surface area contributed by atoms with E-state index in [-0.39, 0.29) is 17.2 Å². The molecule has 0 radical (unpaired) electrons. The first-order valence-electron chi connectivity index (χ1n) is 8.75. The fourth-order valence-corrected chi connectivity index (χ4v) is 2.59. The number of unbranched alkanes of at least 4 members (excludes halogenated alkanes) is 1. The van der Waals surface area contributed by atoms with E-state index >= 15 is 0 Å². The van der Waals surface area contributed by atoms with E-state index in [4.69, 9.17) is 5.73 Å². The Hall–Kier alpha value is -3.22. The first-order chi connectivity index (χ1) is 13.1. The lowest BCUT2D eigenvalue weighted by Gasteiger charge is -2.13. The largest absolute Gasteiger partial charge is 0.393 e. The number of aryl methyl sites for hydroxylation is 1. The van der Waals surface area contributed by atoms with Crippen LogP contribution >= 0.6 is 0 Å². The number of nitrogens with zero attached hydrogens (tertiary/aromatic N) is 2. The molecule has 27 heavy (non-hydrogen) atoms. The Balaban J connectivity index is 1.76. The van der Waals surface area contributed by atoms with Gasteiger partial charge in [-0.3, -0.25) is 0 Å². The van der Waals surface area contributed by atoms with Gasteiger partial charge in [-0.25, -0.2) is 18.7 Å². The van der Waals surface area contributed by atoms with Crippen LogP contribution in [-0.2, 0) is 6.42 Å². The fraction of sp³-hybridized carbons (Fsp3) is 0.200. The Morgan fingerprint density at radius 1 is 0.963 bits per heavy atom. The highest BCUT2D eigenvalue weighted by molar-refractivity contribution is 5.80. The molecular weight excluding hydrogens is 348 g/mol. The van der Waals surface area contributed by atoms with E-state index in [0.717, 1.165) is 37.1 Å². The molecule has 0 spiro atoms. The fourth-order valence-electron chi connectivity index (χ4n) is 2.59. The van der Waals surface area contributed by atoms with Gasteiger partial charge in [-0.1, -0.05) is 25.5 Å². The summed E-state index contributed by atoms with van der Waals surface area (Å²) in [5.74, 6) is -0.752. The third kappa shape index (κ3) is 4.69. The molecule has 0 fully saturated rings. The Morgan fingerprint density at radius 3 is 2.33 bits per heavy atom. The number of hydrogen-bond donors (Lipinski definition) is 3. The van der Waals surface area contributed by atoms with Crippen molar-refractivity contribution >= 4 is 28.7 Å². The van der Waals surface area contributed by atoms with Crippen molar-refractivity contribution in [2.75, 3.05) is 16.4 Å². The highest BCUT2D eigenvalue weighted by atomic mass is 19.1. The van der Waals surface area contributed by atoms with E-state index in [0.29, 0.717) is 5.82 Å². The summed E-state index contributed by atoms with van der Waals surface area (Å²) in [4.78, 5) is 8.18. The molecule has 1 aromatic heterocycles. The number of anilines is 5. The average molecular weight is 369 g/mol. The normalized spacial score (nSPS) is 10.6. The van der Waals surface area contributed by atoms with Crippen LogP contribution in [0.25, 0.3) is 0 Å². The number of nitrogens with one attached hydrogen (secondary N) is 2. The van der Waals surface area contributed by atoms with Gasteiger partial charge >= 0.3 is 0 Å². The summed E-state index contributed by atoms with van der Waals surface area (Å²) in [6, 6.07) is 11.3. The van der Waals surface area contributed by atoms with Crippen LogP contribution in [0.3, 0.4) is 0 Å². The van der Waals surface area contributed by atoms with Gasteiger partial charge in [0.05, 0.1) is 5.69 Å². The zero-order valence-electron chi connectivity index (χ0n) is 15.0. The van der Waals surface area contributed by atoms with Crippen LogP contribution in [0.15, 0.2) is 48.8 Å². The van der Waals surface area contributed by atoms with E-state index in [9.17, 15) is 8.78 Å². The lowest BCUT2D eigenvalue weighted by molar-refractivity contribution is 0.586. The van der Waals surface area contributed by atoms with Crippen molar-refractivity contribution in [2.45, 2.75) is 26.2 Å². The van der Waals surface area contributed by atoms with Crippen LogP contribution in [0, 0.1) is 11.6 Å². The molecule has 4 N–H and O–H groups in total. The molecule has 0 aliphatic heterocycles. The van der Waals surface area contributed by atoms with E-state index in [2.05, 4.69) is 39.7 Å². The van der Waals surface area contributed by atoms with Gasteiger partial charge in [-0.15, -0.1) is 0 Å². The van der Waals surface area contributed by atoms with Crippen molar-refractivity contribution in [1.82, 2.24) is 9.97 Å². The van der Waals surface area contributed by atoms with Crippen LogP contribution in [-0.4, -0.2) is 9.97 Å². The maximum atomic E-state index is 13.8. The second-order valence-electron chi connectivity index (χ2n) is 6.16.